The normalized spacial score (nSPS) is 13.4. The number of nitrogens with one attached hydrogen (secondary N) is 2. The zero-order valence-corrected chi connectivity index (χ0v) is 14.0. The number of nitrogens with zero attached hydrogens (tertiary/aromatic N) is 1. The standard InChI is InChI=1S/C18H22FN3O2/c1-12(2)18(3,24)11-21-17(23)15-8-5-9-20-16(15)22-14-7-4-6-13(19)10-14/h4-10,12,24H,11H2,1-3H3,(H,20,22)(H,21,23). The number of halogens is 1. The van der Waals surface area contributed by atoms with E-state index in [9.17, 15) is 14.3 Å². The molecule has 3 N–H and O–H groups in total. The van der Waals surface area contributed by atoms with Crippen LogP contribution in [-0.2, 0) is 0 Å². The molecule has 0 radical (unpaired) electrons. The van der Waals surface area contributed by atoms with Crippen LogP contribution in [0, 0.1) is 11.7 Å². The second kappa shape index (κ2) is 7.40. The quantitative estimate of drug-likeness (QED) is 0.760. The van der Waals surface area contributed by atoms with Crippen molar-refractivity contribution in [1.29, 1.82) is 0 Å². The van der Waals surface area contributed by atoms with Crippen LogP contribution in [0.15, 0.2) is 42.6 Å². The molecule has 0 aliphatic carbocycles. The number of rotatable bonds is 6. The highest BCUT2D eigenvalue weighted by Gasteiger charge is 2.26. The first-order valence-corrected chi connectivity index (χ1v) is 7.78. The van der Waals surface area contributed by atoms with E-state index in [4.69, 9.17) is 0 Å². The van der Waals surface area contributed by atoms with Gasteiger partial charge in [-0.25, -0.2) is 9.37 Å². The van der Waals surface area contributed by atoms with Crippen LogP contribution >= 0.6 is 0 Å². The lowest BCUT2D eigenvalue weighted by Gasteiger charge is -2.27. The third-order valence-electron chi connectivity index (χ3n) is 3.99. The molecule has 1 unspecified atom stereocenters. The van der Waals surface area contributed by atoms with E-state index in [2.05, 4.69) is 15.6 Å². The third-order valence-corrected chi connectivity index (χ3v) is 3.99. The van der Waals surface area contributed by atoms with Crippen LogP contribution in [0.1, 0.15) is 31.1 Å². The SMILES string of the molecule is CC(C)C(C)(O)CNC(=O)c1cccnc1Nc1cccc(F)c1. The van der Waals surface area contributed by atoms with Crippen LogP contribution in [0.3, 0.4) is 0 Å². The first-order chi connectivity index (χ1) is 11.3. The minimum absolute atomic E-state index is 0.00316. The van der Waals surface area contributed by atoms with E-state index < -0.39 is 5.60 Å². The third kappa shape index (κ3) is 4.52. The van der Waals surface area contributed by atoms with E-state index in [1.165, 1.54) is 12.1 Å². The van der Waals surface area contributed by atoms with Crippen molar-refractivity contribution in [3.05, 3.63) is 54.0 Å². The molecule has 1 amide bonds. The fourth-order valence-electron chi connectivity index (χ4n) is 1.95. The molecule has 5 nitrogen and oxygen atoms in total. The average molecular weight is 331 g/mol. The van der Waals surface area contributed by atoms with Gasteiger partial charge in [-0.15, -0.1) is 0 Å². The molecule has 0 saturated carbocycles. The van der Waals surface area contributed by atoms with E-state index in [0.717, 1.165) is 0 Å². The van der Waals surface area contributed by atoms with E-state index in [1.807, 2.05) is 13.8 Å². The summed E-state index contributed by atoms with van der Waals surface area (Å²) in [6.07, 6.45) is 1.54. The molecule has 0 saturated heterocycles. The molecule has 1 aromatic carbocycles. The predicted molar refractivity (Wildman–Crippen MR) is 91.7 cm³/mol. The van der Waals surface area contributed by atoms with Gasteiger partial charge in [-0.05, 0) is 43.2 Å². The molecule has 0 fully saturated rings. The number of carbonyl (C=O) groups excluding carboxylic acids is 1. The molecule has 0 bridgehead atoms. The summed E-state index contributed by atoms with van der Waals surface area (Å²) in [5.74, 6) is -0.417. The first kappa shape index (κ1) is 17.9. The highest BCUT2D eigenvalue weighted by Crippen LogP contribution is 2.20. The maximum atomic E-state index is 13.3. The number of aromatic nitrogens is 1. The van der Waals surface area contributed by atoms with Gasteiger partial charge in [-0.1, -0.05) is 19.9 Å². The van der Waals surface area contributed by atoms with Gasteiger partial charge in [0.05, 0.1) is 11.2 Å². The number of amides is 1. The molecule has 6 heteroatoms. The molecular weight excluding hydrogens is 309 g/mol. The number of aliphatic hydroxyl groups is 1. The Morgan fingerprint density at radius 1 is 1.33 bits per heavy atom. The van der Waals surface area contributed by atoms with Crippen molar-refractivity contribution in [3.8, 4) is 0 Å². The molecule has 1 atom stereocenters. The zero-order valence-electron chi connectivity index (χ0n) is 14.0. The van der Waals surface area contributed by atoms with E-state index >= 15 is 0 Å². The van der Waals surface area contributed by atoms with Gasteiger partial charge in [0.15, 0.2) is 0 Å². The van der Waals surface area contributed by atoms with Crippen molar-refractivity contribution in [2.24, 2.45) is 5.92 Å². The molecule has 0 spiro atoms. The van der Waals surface area contributed by atoms with Crippen molar-refractivity contribution in [1.82, 2.24) is 10.3 Å². The van der Waals surface area contributed by atoms with Gasteiger partial charge in [0.25, 0.3) is 5.91 Å². The summed E-state index contributed by atoms with van der Waals surface area (Å²) < 4.78 is 13.3. The number of anilines is 2. The minimum Gasteiger partial charge on any atom is -0.388 e. The highest BCUT2D eigenvalue weighted by molar-refractivity contribution is 5.99. The topological polar surface area (TPSA) is 74.2 Å². The molecule has 2 aromatic rings. The summed E-state index contributed by atoms with van der Waals surface area (Å²) in [4.78, 5) is 16.6. The minimum atomic E-state index is -1.01. The Kier molecular flexibility index (Phi) is 5.51. The maximum Gasteiger partial charge on any atom is 0.255 e. The van der Waals surface area contributed by atoms with Crippen LogP contribution < -0.4 is 10.6 Å². The number of pyridine rings is 1. The van der Waals surface area contributed by atoms with Crippen LogP contribution in [-0.4, -0.2) is 28.1 Å². The monoisotopic (exact) mass is 331 g/mol. The van der Waals surface area contributed by atoms with Gasteiger partial charge in [0.1, 0.15) is 11.6 Å². The molecular formula is C18H22FN3O2. The maximum absolute atomic E-state index is 13.3. The second-order valence-corrected chi connectivity index (χ2v) is 6.23. The number of benzene rings is 1. The summed E-state index contributed by atoms with van der Waals surface area (Å²) >= 11 is 0. The summed E-state index contributed by atoms with van der Waals surface area (Å²) in [6.45, 7) is 5.56. The summed E-state index contributed by atoms with van der Waals surface area (Å²) in [5.41, 5.74) is -0.188. The number of hydrogen-bond acceptors (Lipinski definition) is 4. The first-order valence-electron chi connectivity index (χ1n) is 7.78. The molecule has 128 valence electrons. The van der Waals surface area contributed by atoms with Crippen molar-refractivity contribution in [2.75, 3.05) is 11.9 Å². The van der Waals surface area contributed by atoms with E-state index in [-0.39, 0.29) is 24.2 Å². The lowest BCUT2D eigenvalue weighted by Crippen LogP contribution is -2.44. The lowest BCUT2D eigenvalue weighted by molar-refractivity contribution is 0.0142. The molecule has 2 rings (SSSR count). The van der Waals surface area contributed by atoms with E-state index in [1.54, 1.807) is 37.4 Å². The Labute approximate surface area is 140 Å². The van der Waals surface area contributed by atoms with Crippen LogP contribution in [0.25, 0.3) is 0 Å². The Morgan fingerprint density at radius 3 is 2.75 bits per heavy atom. The summed E-state index contributed by atoms with van der Waals surface area (Å²) in [7, 11) is 0. The van der Waals surface area contributed by atoms with Gasteiger partial charge in [0, 0.05) is 18.4 Å². The van der Waals surface area contributed by atoms with Crippen LogP contribution in [0.4, 0.5) is 15.9 Å². The lowest BCUT2D eigenvalue weighted by atomic mass is 9.92. The van der Waals surface area contributed by atoms with Crippen molar-refractivity contribution in [3.63, 3.8) is 0 Å². The molecule has 24 heavy (non-hydrogen) atoms. The Bertz CT molecular complexity index is 717. The Balaban J connectivity index is 2.15. The van der Waals surface area contributed by atoms with Crippen molar-refractivity contribution in [2.45, 2.75) is 26.4 Å². The van der Waals surface area contributed by atoms with Gasteiger partial charge in [-0.2, -0.15) is 0 Å². The number of carbonyl (C=O) groups is 1. The van der Waals surface area contributed by atoms with E-state index in [0.29, 0.717) is 17.1 Å². The summed E-state index contributed by atoms with van der Waals surface area (Å²) in [6, 6.07) is 9.18. The molecule has 0 aliphatic rings. The Morgan fingerprint density at radius 2 is 2.08 bits per heavy atom. The summed E-state index contributed by atoms with van der Waals surface area (Å²) in [5, 5.41) is 15.9. The smallest absolute Gasteiger partial charge is 0.255 e. The van der Waals surface area contributed by atoms with Gasteiger partial charge >= 0.3 is 0 Å². The van der Waals surface area contributed by atoms with Gasteiger partial charge in [-0.3, -0.25) is 4.79 Å². The fraction of sp³-hybridized carbons (Fsp3) is 0.333. The molecule has 1 heterocycles. The Hall–Kier alpha value is -2.47. The van der Waals surface area contributed by atoms with Crippen LogP contribution in [0.5, 0.6) is 0 Å². The van der Waals surface area contributed by atoms with Crippen molar-refractivity contribution < 1.29 is 14.3 Å². The molecule has 0 aliphatic heterocycles. The predicted octanol–water partition coefficient (Wildman–Crippen LogP) is 3.10. The highest BCUT2D eigenvalue weighted by atomic mass is 19.1. The molecule has 1 aromatic heterocycles. The fourth-order valence-corrected chi connectivity index (χ4v) is 1.95. The number of hydrogen-bond donors (Lipinski definition) is 3. The second-order valence-electron chi connectivity index (χ2n) is 6.23. The largest absolute Gasteiger partial charge is 0.388 e. The van der Waals surface area contributed by atoms with Gasteiger partial charge in [0.2, 0.25) is 0 Å². The van der Waals surface area contributed by atoms with Crippen molar-refractivity contribution >= 4 is 17.4 Å². The average Bonchev–Trinajstić information content (AvgIpc) is 2.53. The van der Waals surface area contributed by atoms with Gasteiger partial charge < -0.3 is 15.7 Å². The van der Waals surface area contributed by atoms with Crippen LogP contribution in [0.2, 0.25) is 0 Å². The zero-order chi connectivity index (χ0) is 17.7.